The van der Waals surface area contributed by atoms with Gasteiger partial charge in [0.05, 0.1) is 17.1 Å². The second-order valence-electron chi connectivity index (χ2n) is 5.94. The second kappa shape index (κ2) is 7.65. The Hall–Kier alpha value is -2.41. The van der Waals surface area contributed by atoms with Gasteiger partial charge in [-0.15, -0.1) is 0 Å². The van der Waals surface area contributed by atoms with E-state index in [4.69, 9.17) is 0 Å². The van der Waals surface area contributed by atoms with Crippen LogP contribution in [0, 0.1) is 13.8 Å². The number of nitrogens with zero attached hydrogens (tertiary/aromatic N) is 3. The molecule has 0 spiro atoms. The zero-order valence-electron chi connectivity index (χ0n) is 14.3. The van der Waals surface area contributed by atoms with Gasteiger partial charge in [-0.05, 0) is 38.5 Å². The van der Waals surface area contributed by atoms with Crippen molar-refractivity contribution in [1.29, 1.82) is 0 Å². The van der Waals surface area contributed by atoms with Crippen LogP contribution >= 0.6 is 11.8 Å². The van der Waals surface area contributed by atoms with E-state index in [2.05, 4.69) is 15.3 Å². The summed E-state index contributed by atoms with van der Waals surface area (Å²) in [6.07, 6.45) is 1.41. The van der Waals surface area contributed by atoms with Crippen molar-refractivity contribution in [3.63, 3.8) is 0 Å². The third-order valence-corrected chi connectivity index (χ3v) is 4.68. The fourth-order valence-corrected chi connectivity index (χ4v) is 3.54. The Morgan fingerprint density at radius 3 is 2.64 bits per heavy atom. The zero-order chi connectivity index (χ0) is 17.8. The molecule has 1 saturated heterocycles. The van der Waals surface area contributed by atoms with Crippen LogP contribution in [0.5, 0.6) is 0 Å². The highest BCUT2D eigenvalue weighted by Crippen LogP contribution is 2.29. The van der Waals surface area contributed by atoms with E-state index in [0.29, 0.717) is 23.8 Å². The SMILES string of the molecule is Cc1cc(C)nc(SCC(=O)Nc2ccccc2N2CCCC2=O)n1. The quantitative estimate of drug-likeness (QED) is 0.658. The van der Waals surface area contributed by atoms with Crippen molar-refractivity contribution in [3.05, 3.63) is 41.7 Å². The van der Waals surface area contributed by atoms with Gasteiger partial charge in [0.15, 0.2) is 5.16 Å². The number of aromatic nitrogens is 2. The largest absolute Gasteiger partial charge is 0.324 e. The van der Waals surface area contributed by atoms with Crippen LogP contribution in [0.4, 0.5) is 11.4 Å². The lowest BCUT2D eigenvalue weighted by Gasteiger charge is -2.19. The lowest BCUT2D eigenvalue weighted by atomic mass is 10.2. The minimum Gasteiger partial charge on any atom is -0.324 e. The van der Waals surface area contributed by atoms with E-state index in [1.807, 2.05) is 44.2 Å². The topological polar surface area (TPSA) is 75.2 Å². The van der Waals surface area contributed by atoms with Crippen LogP contribution < -0.4 is 10.2 Å². The first-order chi connectivity index (χ1) is 12.0. The Bertz CT molecular complexity index is 789. The molecule has 2 heterocycles. The molecule has 7 heteroatoms. The van der Waals surface area contributed by atoms with Gasteiger partial charge < -0.3 is 10.2 Å². The lowest BCUT2D eigenvalue weighted by molar-refractivity contribution is -0.117. The summed E-state index contributed by atoms with van der Waals surface area (Å²) >= 11 is 1.30. The molecule has 1 N–H and O–H groups in total. The number of hydrogen-bond donors (Lipinski definition) is 1. The molecule has 0 radical (unpaired) electrons. The summed E-state index contributed by atoms with van der Waals surface area (Å²) in [5, 5.41) is 3.49. The molecule has 1 aliphatic rings. The predicted molar refractivity (Wildman–Crippen MR) is 98.9 cm³/mol. The van der Waals surface area contributed by atoms with Gasteiger partial charge in [0, 0.05) is 24.4 Å². The zero-order valence-corrected chi connectivity index (χ0v) is 15.1. The Labute approximate surface area is 151 Å². The van der Waals surface area contributed by atoms with Gasteiger partial charge in [0.25, 0.3) is 0 Å². The molecule has 6 nitrogen and oxygen atoms in total. The summed E-state index contributed by atoms with van der Waals surface area (Å²) in [4.78, 5) is 34.7. The average Bonchev–Trinajstić information content (AvgIpc) is 2.98. The first kappa shape index (κ1) is 17.4. The fourth-order valence-electron chi connectivity index (χ4n) is 2.79. The van der Waals surface area contributed by atoms with E-state index >= 15 is 0 Å². The van der Waals surface area contributed by atoms with Crippen molar-refractivity contribution < 1.29 is 9.59 Å². The molecule has 0 atom stereocenters. The summed E-state index contributed by atoms with van der Waals surface area (Å²) in [5.41, 5.74) is 3.18. The number of carbonyl (C=O) groups is 2. The van der Waals surface area contributed by atoms with Gasteiger partial charge in [-0.2, -0.15) is 0 Å². The molecule has 1 aromatic carbocycles. The van der Waals surface area contributed by atoms with Crippen molar-refractivity contribution in [1.82, 2.24) is 9.97 Å². The third-order valence-electron chi connectivity index (χ3n) is 3.84. The number of thioether (sulfide) groups is 1. The van der Waals surface area contributed by atoms with Crippen LogP contribution in [0.2, 0.25) is 0 Å². The number of aryl methyl sites for hydroxylation is 2. The van der Waals surface area contributed by atoms with Crippen molar-refractivity contribution in [2.45, 2.75) is 31.8 Å². The number of para-hydroxylation sites is 2. The van der Waals surface area contributed by atoms with Crippen LogP contribution in [-0.2, 0) is 9.59 Å². The molecule has 130 valence electrons. The van der Waals surface area contributed by atoms with Gasteiger partial charge in [-0.1, -0.05) is 23.9 Å². The van der Waals surface area contributed by atoms with Crippen molar-refractivity contribution in [2.75, 3.05) is 22.5 Å². The van der Waals surface area contributed by atoms with E-state index in [-0.39, 0.29) is 17.6 Å². The van der Waals surface area contributed by atoms with Gasteiger partial charge in [-0.25, -0.2) is 9.97 Å². The molecule has 1 fully saturated rings. The molecule has 0 bridgehead atoms. The fraction of sp³-hybridized carbons (Fsp3) is 0.333. The van der Waals surface area contributed by atoms with Crippen LogP contribution in [0.25, 0.3) is 0 Å². The molecule has 2 aromatic rings. The number of benzene rings is 1. The van der Waals surface area contributed by atoms with Crippen LogP contribution in [0.3, 0.4) is 0 Å². The van der Waals surface area contributed by atoms with E-state index in [1.54, 1.807) is 4.90 Å². The molecule has 1 aromatic heterocycles. The van der Waals surface area contributed by atoms with E-state index in [1.165, 1.54) is 11.8 Å². The first-order valence-corrected chi connectivity index (χ1v) is 9.16. The third kappa shape index (κ3) is 4.36. The van der Waals surface area contributed by atoms with Crippen LogP contribution in [0.1, 0.15) is 24.2 Å². The summed E-state index contributed by atoms with van der Waals surface area (Å²) in [5.74, 6) is 0.164. The van der Waals surface area contributed by atoms with E-state index < -0.39 is 0 Å². The molecule has 0 aliphatic carbocycles. The number of carbonyl (C=O) groups excluding carboxylic acids is 2. The molecule has 0 unspecified atom stereocenters. The monoisotopic (exact) mass is 356 g/mol. The smallest absolute Gasteiger partial charge is 0.234 e. The molecule has 1 aliphatic heterocycles. The lowest BCUT2D eigenvalue weighted by Crippen LogP contribution is -2.26. The summed E-state index contributed by atoms with van der Waals surface area (Å²) in [7, 11) is 0. The molecule has 2 amide bonds. The highest BCUT2D eigenvalue weighted by Gasteiger charge is 2.24. The molecule has 25 heavy (non-hydrogen) atoms. The molecular formula is C18H20N4O2S. The summed E-state index contributed by atoms with van der Waals surface area (Å²) in [6, 6.07) is 9.29. The minimum absolute atomic E-state index is 0.0970. The first-order valence-electron chi connectivity index (χ1n) is 8.17. The number of anilines is 2. The Morgan fingerprint density at radius 2 is 1.96 bits per heavy atom. The maximum atomic E-state index is 12.3. The van der Waals surface area contributed by atoms with Gasteiger partial charge >= 0.3 is 0 Å². The minimum atomic E-state index is -0.146. The summed E-state index contributed by atoms with van der Waals surface area (Å²) < 4.78 is 0. The van der Waals surface area contributed by atoms with Crippen molar-refractivity contribution in [2.24, 2.45) is 0 Å². The Kier molecular flexibility index (Phi) is 5.33. The highest BCUT2D eigenvalue weighted by atomic mass is 32.2. The van der Waals surface area contributed by atoms with Gasteiger partial charge in [-0.3, -0.25) is 9.59 Å². The normalized spacial score (nSPS) is 14.0. The Morgan fingerprint density at radius 1 is 1.24 bits per heavy atom. The van der Waals surface area contributed by atoms with Crippen LogP contribution in [0.15, 0.2) is 35.5 Å². The maximum Gasteiger partial charge on any atom is 0.234 e. The second-order valence-corrected chi connectivity index (χ2v) is 6.88. The molecule has 0 saturated carbocycles. The Balaban J connectivity index is 1.66. The number of nitrogens with one attached hydrogen (secondary N) is 1. The van der Waals surface area contributed by atoms with Crippen molar-refractivity contribution in [3.8, 4) is 0 Å². The predicted octanol–water partition coefficient (Wildman–Crippen LogP) is 2.95. The number of rotatable bonds is 5. The van der Waals surface area contributed by atoms with E-state index in [9.17, 15) is 9.59 Å². The van der Waals surface area contributed by atoms with Crippen LogP contribution in [-0.4, -0.2) is 34.1 Å². The highest BCUT2D eigenvalue weighted by molar-refractivity contribution is 7.99. The van der Waals surface area contributed by atoms with Gasteiger partial charge in [0.1, 0.15) is 0 Å². The number of amides is 2. The molecule has 3 rings (SSSR count). The van der Waals surface area contributed by atoms with Gasteiger partial charge in [0.2, 0.25) is 11.8 Å². The van der Waals surface area contributed by atoms with E-state index in [0.717, 1.165) is 23.5 Å². The molecular weight excluding hydrogens is 336 g/mol. The average molecular weight is 356 g/mol. The van der Waals surface area contributed by atoms with Crippen molar-refractivity contribution >= 4 is 35.0 Å². The summed E-state index contributed by atoms with van der Waals surface area (Å²) in [6.45, 7) is 4.50. The standard InChI is InChI=1S/C18H20N4O2S/c1-12-10-13(2)20-18(19-12)25-11-16(23)21-14-6-3-4-7-15(14)22-9-5-8-17(22)24/h3-4,6-7,10H,5,8-9,11H2,1-2H3,(H,21,23). The maximum absolute atomic E-state index is 12.3. The number of hydrogen-bond acceptors (Lipinski definition) is 5.